The number of likely N-dealkylation sites (tertiary alicyclic amines) is 1. The van der Waals surface area contributed by atoms with Crippen LogP contribution < -0.4 is 9.47 Å². The number of benzene rings is 2. The van der Waals surface area contributed by atoms with Crippen molar-refractivity contribution in [2.45, 2.75) is 25.9 Å². The quantitative estimate of drug-likeness (QED) is 0.354. The molecule has 5 rings (SSSR count). The van der Waals surface area contributed by atoms with Gasteiger partial charge in [0, 0.05) is 24.5 Å². The molecule has 0 bridgehead atoms. The number of ketones is 1. The second-order valence-corrected chi connectivity index (χ2v) is 8.24. The minimum atomic E-state index is -0.737. The summed E-state index contributed by atoms with van der Waals surface area (Å²) in [6.45, 7) is 3.10. The maximum Gasteiger partial charge on any atom is 0.295 e. The third kappa shape index (κ3) is 3.90. The highest BCUT2D eigenvalue weighted by Gasteiger charge is 2.46. The summed E-state index contributed by atoms with van der Waals surface area (Å²) in [5.74, 6) is -0.558. The van der Waals surface area contributed by atoms with Crippen molar-refractivity contribution < 1.29 is 24.2 Å². The number of carbonyl (C=O) groups is 2. The summed E-state index contributed by atoms with van der Waals surface area (Å²) >= 11 is 0. The molecule has 1 atom stereocenters. The van der Waals surface area contributed by atoms with Crippen molar-refractivity contribution in [2.24, 2.45) is 0 Å². The first-order valence-corrected chi connectivity index (χ1v) is 11.2. The molecule has 1 N–H and O–H groups in total. The Labute approximate surface area is 197 Å². The zero-order valence-corrected chi connectivity index (χ0v) is 18.7. The van der Waals surface area contributed by atoms with E-state index in [1.54, 1.807) is 36.7 Å². The van der Waals surface area contributed by atoms with Crippen LogP contribution in [0.25, 0.3) is 5.76 Å². The Hall–Kier alpha value is -4.13. The van der Waals surface area contributed by atoms with E-state index >= 15 is 0 Å². The average molecular weight is 456 g/mol. The summed E-state index contributed by atoms with van der Waals surface area (Å²) in [5.41, 5.74) is 3.12. The van der Waals surface area contributed by atoms with Crippen molar-refractivity contribution in [2.75, 3.05) is 13.2 Å². The second kappa shape index (κ2) is 9.02. The molecule has 3 aromatic rings. The highest BCUT2D eigenvalue weighted by molar-refractivity contribution is 6.46. The maximum absolute atomic E-state index is 13.2. The number of pyridine rings is 1. The molecule has 1 saturated heterocycles. The summed E-state index contributed by atoms with van der Waals surface area (Å²) < 4.78 is 11.2. The van der Waals surface area contributed by atoms with Crippen LogP contribution in [0.1, 0.15) is 35.2 Å². The topological polar surface area (TPSA) is 89.0 Å². The zero-order chi connectivity index (χ0) is 23.7. The van der Waals surface area contributed by atoms with E-state index < -0.39 is 17.7 Å². The van der Waals surface area contributed by atoms with E-state index in [2.05, 4.69) is 11.9 Å². The Bertz CT molecular complexity index is 1270. The van der Waals surface area contributed by atoms with Crippen LogP contribution in [0, 0.1) is 0 Å². The normalized spacial score (nSPS) is 18.9. The molecule has 2 aliphatic heterocycles. The number of rotatable bonds is 5. The molecule has 2 aliphatic rings. The van der Waals surface area contributed by atoms with Gasteiger partial charge in [-0.3, -0.25) is 14.6 Å². The number of aromatic nitrogens is 1. The smallest absolute Gasteiger partial charge is 0.295 e. The van der Waals surface area contributed by atoms with Gasteiger partial charge in [-0.15, -0.1) is 0 Å². The molecule has 1 fully saturated rings. The molecule has 1 unspecified atom stereocenters. The maximum atomic E-state index is 13.2. The summed E-state index contributed by atoms with van der Waals surface area (Å²) in [7, 11) is 0. The number of aliphatic hydroxyl groups excluding tert-OH is 1. The molecule has 1 amide bonds. The zero-order valence-electron chi connectivity index (χ0n) is 18.7. The fraction of sp³-hybridized carbons (Fsp3) is 0.222. The minimum absolute atomic E-state index is 0.0508. The standard InChI is InChI=1S/C27H24N2O5/c1-2-17-5-7-19(8-6-17)24-23(25(30)20-9-10-21-22(14-20)34-13-12-33-21)26(31)27(32)29(24)16-18-4-3-11-28-15-18/h3-11,14-15,24,30H,2,12-13,16H2,1H3/b25-23+. The molecule has 3 heterocycles. The summed E-state index contributed by atoms with van der Waals surface area (Å²) in [5, 5.41) is 11.3. The molecule has 172 valence electrons. The third-order valence-electron chi connectivity index (χ3n) is 6.13. The number of hydrogen-bond acceptors (Lipinski definition) is 6. The first-order chi connectivity index (χ1) is 16.6. The van der Waals surface area contributed by atoms with E-state index in [1.807, 2.05) is 30.3 Å². The number of fused-ring (bicyclic) bond motifs is 1. The van der Waals surface area contributed by atoms with Gasteiger partial charge >= 0.3 is 0 Å². The van der Waals surface area contributed by atoms with Gasteiger partial charge in [0.1, 0.15) is 19.0 Å². The van der Waals surface area contributed by atoms with Gasteiger partial charge in [0.2, 0.25) is 0 Å². The van der Waals surface area contributed by atoms with Crippen molar-refractivity contribution >= 4 is 17.4 Å². The van der Waals surface area contributed by atoms with E-state index in [0.29, 0.717) is 30.3 Å². The Morgan fingerprint density at radius 2 is 1.79 bits per heavy atom. The monoisotopic (exact) mass is 456 g/mol. The third-order valence-corrected chi connectivity index (χ3v) is 6.13. The summed E-state index contributed by atoms with van der Waals surface area (Å²) in [4.78, 5) is 32.0. The first-order valence-electron chi connectivity index (χ1n) is 11.2. The molecule has 7 nitrogen and oxygen atoms in total. The molecule has 0 aliphatic carbocycles. The van der Waals surface area contributed by atoms with Crippen molar-refractivity contribution in [3.63, 3.8) is 0 Å². The van der Waals surface area contributed by atoms with E-state index in [1.165, 1.54) is 4.90 Å². The number of nitrogens with zero attached hydrogens (tertiary/aromatic N) is 2. The number of hydrogen-bond donors (Lipinski definition) is 1. The second-order valence-electron chi connectivity index (χ2n) is 8.24. The lowest BCUT2D eigenvalue weighted by molar-refractivity contribution is -0.140. The lowest BCUT2D eigenvalue weighted by atomic mass is 9.94. The van der Waals surface area contributed by atoms with Gasteiger partial charge < -0.3 is 19.5 Å². The van der Waals surface area contributed by atoms with Gasteiger partial charge in [0.15, 0.2) is 11.5 Å². The van der Waals surface area contributed by atoms with E-state index in [9.17, 15) is 14.7 Å². The Kier molecular flexibility index (Phi) is 5.76. The van der Waals surface area contributed by atoms with Crippen LogP contribution in [0.5, 0.6) is 11.5 Å². The molecule has 0 radical (unpaired) electrons. The van der Waals surface area contributed by atoms with Crippen LogP contribution in [0.3, 0.4) is 0 Å². The Morgan fingerprint density at radius 1 is 1.03 bits per heavy atom. The number of ether oxygens (including phenoxy) is 2. The van der Waals surface area contributed by atoms with Gasteiger partial charge in [-0.1, -0.05) is 37.3 Å². The lowest BCUT2D eigenvalue weighted by Gasteiger charge is -2.25. The van der Waals surface area contributed by atoms with Crippen molar-refractivity contribution in [1.82, 2.24) is 9.88 Å². The van der Waals surface area contributed by atoms with Crippen LogP contribution >= 0.6 is 0 Å². The van der Waals surface area contributed by atoms with Crippen molar-refractivity contribution in [3.05, 3.63) is 94.8 Å². The number of aryl methyl sites for hydroxylation is 1. The van der Waals surface area contributed by atoms with Gasteiger partial charge in [-0.2, -0.15) is 0 Å². The van der Waals surface area contributed by atoms with E-state index in [0.717, 1.165) is 23.1 Å². The van der Waals surface area contributed by atoms with Crippen molar-refractivity contribution in [1.29, 1.82) is 0 Å². The van der Waals surface area contributed by atoms with Gasteiger partial charge in [0.25, 0.3) is 11.7 Å². The summed E-state index contributed by atoms with van der Waals surface area (Å²) in [6, 6.07) is 15.7. The van der Waals surface area contributed by atoms with Gasteiger partial charge in [0.05, 0.1) is 11.6 Å². The number of aliphatic hydroxyl groups is 1. The van der Waals surface area contributed by atoms with Crippen LogP contribution in [0.2, 0.25) is 0 Å². The Morgan fingerprint density at radius 3 is 2.50 bits per heavy atom. The first kappa shape index (κ1) is 21.7. The highest BCUT2D eigenvalue weighted by atomic mass is 16.6. The number of carbonyl (C=O) groups excluding carboxylic acids is 2. The minimum Gasteiger partial charge on any atom is -0.507 e. The fourth-order valence-corrected chi connectivity index (χ4v) is 4.36. The van der Waals surface area contributed by atoms with E-state index in [4.69, 9.17) is 9.47 Å². The molecule has 1 aromatic heterocycles. The SMILES string of the molecule is CCc1ccc(C2/C(=C(\O)c3ccc4c(c3)OCCO4)C(=O)C(=O)N2Cc2cccnc2)cc1. The number of amides is 1. The molecule has 0 spiro atoms. The molecular formula is C27H24N2O5. The lowest BCUT2D eigenvalue weighted by Crippen LogP contribution is -2.29. The van der Waals surface area contributed by atoms with Crippen LogP contribution in [-0.4, -0.2) is 39.9 Å². The highest BCUT2D eigenvalue weighted by Crippen LogP contribution is 2.41. The van der Waals surface area contributed by atoms with Crippen LogP contribution in [-0.2, 0) is 22.6 Å². The molecule has 34 heavy (non-hydrogen) atoms. The van der Waals surface area contributed by atoms with Gasteiger partial charge in [-0.05, 0) is 47.4 Å². The molecule has 7 heteroatoms. The number of Topliss-reactive ketones (excluding diaryl/α,β-unsaturated/α-hetero) is 1. The molecule has 0 saturated carbocycles. The average Bonchev–Trinajstić information content (AvgIpc) is 3.13. The van der Waals surface area contributed by atoms with E-state index in [-0.39, 0.29) is 17.9 Å². The predicted molar refractivity (Wildman–Crippen MR) is 125 cm³/mol. The molecular weight excluding hydrogens is 432 g/mol. The molecule has 2 aromatic carbocycles. The largest absolute Gasteiger partial charge is 0.507 e. The van der Waals surface area contributed by atoms with Crippen LogP contribution in [0.4, 0.5) is 0 Å². The van der Waals surface area contributed by atoms with Crippen LogP contribution in [0.15, 0.2) is 72.6 Å². The fourth-order valence-electron chi connectivity index (χ4n) is 4.36. The predicted octanol–water partition coefficient (Wildman–Crippen LogP) is 4.04. The summed E-state index contributed by atoms with van der Waals surface area (Å²) in [6.07, 6.45) is 4.19. The Balaban J connectivity index is 1.62. The van der Waals surface area contributed by atoms with Gasteiger partial charge in [-0.25, -0.2) is 0 Å². The van der Waals surface area contributed by atoms with Crippen molar-refractivity contribution in [3.8, 4) is 11.5 Å².